The summed E-state index contributed by atoms with van der Waals surface area (Å²) in [6, 6.07) is 10.5. The standard InChI is InChI=1S/C13H16OSe/c1-13(2)9-11(14)8-12(15-13)10-6-4-3-5-7-10/h3-7,12H,8-9H2,1-2H3/t12-/m1/s1. The van der Waals surface area contributed by atoms with Crippen LogP contribution in [-0.2, 0) is 4.79 Å². The van der Waals surface area contributed by atoms with E-state index >= 15 is 0 Å². The molecular weight excluding hydrogens is 251 g/mol. The van der Waals surface area contributed by atoms with E-state index in [1.165, 1.54) is 5.56 Å². The molecule has 1 aliphatic rings. The molecule has 1 fully saturated rings. The molecule has 0 aliphatic carbocycles. The zero-order valence-electron chi connectivity index (χ0n) is 9.19. The zero-order chi connectivity index (χ0) is 10.9. The number of ketones is 1. The van der Waals surface area contributed by atoms with Crippen molar-refractivity contribution in [1.29, 1.82) is 0 Å². The average Bonchev–Trinajstić information content (AvgIpc) is 2.16. The summed E-state index contributed by atoms with van der Waals surface area (Å²) in [7, 11) is 0. The minimum absolute atomic E-state index is 0.239. The molecular formula is C13H16OSe. The predicted octanol–water partition coefficient (Wildman–Crippen LogP) is 2.99. The molecule has 0 aromatic heterocycles. The fourth-order valence-corrected chi connectivity index (χ4v) is 5.38. The van der Waals surface area contributed by atoms with Gasteiger partial charge in [0.05, 0.1) is 0 Å². The molecule has 0 N–H and O–H groups in total. The Balaban J connectivity index is 2.20. The van der Waals surface area contributed by atoms with Gasteiger partial charge in [0.2, 0.25) is 0 Å². The van der Waals surface area contributed by atoms with E-state index in [0.29, 0.717) is 25.6 Å². The number of hydrogen-bond donors (Lipinski definition) is 0. The van der Waals surface area contributed by atoms with Gasteiger partial charge in [-0.2, -0.15) is 0 Å². The molecule has 1 saturated heterocycles. The summed E-state index contributed by atoms with van der Waals surface area (Å²) in [5.74, 6) is 0.432. The van der Waals surface area contributed by atoms with Crippen LogP contribution < -0.4 is 0 Å². The molecule has 0 unspecified atom stereocenters. The van der Waals surface area contributed by atoms with E-state index in [0.717, 1.165) is 12.8 Å². The van der Waals surface area contributed by atoms with E-state index in [-0.39, 0.29) is 4.31 Å². The third kappa shape index (κ3) is 2.70. The van der Waals surface area contributed by atoms with E-state index in [1.807, 2.05) is 6.07 Å². The van der Waals surface area contributed by atoms with Gasteiger partial charge in [-0.1, -0.05) is 0 Å². The van der Waals surface area contributed by atoms with Gasteiger partial charge in [-0.25, -0.2) is 0 Å². The first-order valence-electron chi connectivity index (χ1n) is 5.31. The molecule has 15 heavy (non-hydrogen) atoms. The molecule has 1 aromatic carbocycles. The Morgan fingerprint density at radius 3 is 2.53 bits per heavy atom. The van der Waals surface area contributed by atoms with Gasteiger partial charge in [0.1, 0.15) is 0 Å². The summed E-state index contributed by atoms with van der Waals surface area (Å²) in [6.07, 6.45) is 1.53. The average molecular weight is 267 g/mol. The summed E-state index contributed by atoms with van der Waals surface area (Å²) in [4.78, 5) is 12.2. The van der Waals surface area contributed by atoms with Gasteiger partial charge in [0, 0.05) is 0 Å². The molecule has 0 saturated carbocycles. The number of hydrogen-bond acceptors (Lipinski definition) is 1. The summed E-state index contributed by atoms with van der Waals surface area (Å²) < 4.78 is 0.239. The molecule has 1 atom stereocenters. The first-order valence-corrected chi connectivity index (χ1v) is 7.16. The molecule has 80 valence electrons. The fraction of sp³-hybridized carbons (Fsp3) is 0.462. The van der Waals surface area contributed by atoms with Crippen LogP contribution in [0, 0.1) is 0 Å². The van der Waals surface area contributed by atoms with E-state index in [1.54, 1.807) is 0 Å². The second-order valence-electron chi connectivity index (χ2n) is 4.70. The summed E-state index contributed by atoms with van der Waals surface area (Å²) in [5, 5.41) is 0. The van der Waals surface area contributed by atoms with E-state index in [2.05, 4.69) is 38.1 Å². The van der Waals surface area contributed by atoms with Crippen LogP contribution in [0.15, 0.2) is 30.3 Å². The normalized spacial score (nSPS) is 25.2. The number of carbonyl (C=O) groups excluding carboxylic acids is 1. The van der Waals surface area contributed by atoms with Crippen molar-refractivity contribution in [2.75, 3.05) is 0 Å². The van der Waals surface area contributed by atoms with Gasteiger partial charge < -0.3 is 0 Å². The SMILES string of the molecule is CC1(C)CC(=O)C[C@H](c2ccccc2)[Se]1. The van der Waals surface area contributed by atoms with Crippen molar-refractivity contribution in [3.8, 4) is 0 Å². The molecule has 1 aliphatic heterocycles. The monoisotopic (exact) mass is 268 g/mol. The third-order valence-electron chi connectivity index (χ3n) is 2.67. The number of benzene rings is 1. The van der Waals surface area contributed by atoms with Crippen molar-refractivity contribution in [2.24, 2.45) is 0 Å². The molecule has 1 nitrogen and oxygen atoms in total. The van der Waals surface area contributed by atoms with Crippen molar-refractivity contribution < 1.29 is 4.79 Å². The third-order valence-corrected chi connectivity index (χ3v) is 5.83. The van der Waals surface area contributed by atoms with Crippen molar-refractivity contribution in [2.45, 2.75) is 35.8 Å². The van der Waals surface area contributed by atoms with Gasteiger partial charge in [-0.3, -0.25) is 0 Å². The Hall–Kier alpha value is -0.591. The summed E-state index contributed by atoms with van der Waals surface area (Å²) in [6.45, 7) is 4.44. The van der Waals surface area contributed by atoms with E-state index in [9.17, 15) is 4.79 Å². The number of carbonyl (C=O) groups is 1. The Kier molecular flexibility index (Phi) is 2.99. The molecule has 0 spiro atoms. The Bertz CT molecular complexity index is 356. The quantitative estimate of drug-likeness (QED) is 0.715. The number of rotatable bonds is 1. The van der Waals surface area contributed by atoms with Gasteiger partial charge in [-0.05, 0) is 0 Å². The second-order valence-corrected chi connectivity index (χ2v) is 8.70. The predicted molar refractivity (Wildman–Crippen MR) is 63.2 cm³/mol. The van der Waals surface area contributed by atoms with Gasteiger partial charge >= 0.3 is 97.2 Å². The van der Waals surface area contributed by atoms with Crippen molar-refractivity contribution in [3.63, 3.8) is 0 Å². The first kappa shape index (κ1) is 10.9. The van der Waals surface area contributed by atoms with Gasteiger partial charge in [0.25, 0.3) is 0 Å². The van der Waals surface area contributed by atoms with Crippen LogP contribution in [0.2, 0.25) is 4.31 Å². The van der Waals surface area contributed by atoms with Gasteiger partial charge in [-0.15, -0.1) is 0 Å². The maximum absolute atomic E-state index is 11.7. The molecule has 0 radical (unpaired) electrons. The zero-order valence-corrected chi connectivity index (χ0v) is 10.9. The van der Waals surface area contributed by atoms with Crippen molar-refractivity contribution >= 4 is 20.7 Å². The Labute approximate surface area is 97.4 Å². The van der Waals surface area contributed by atoms with Crippen molar-refractivity contribution in [3.05, 3.63) is 35.9 Å². The molecule has 0 amide bonds. The van der Waals surface area contributed by atoms with Crippen LogP contribution in [0.4, 0.5) is 0 Å². The Morgan fingerprint density at radius 1 is 1.27 bits per heavy atom. The molecule has 2 heteroatoms. The topological polar surface area (TPSA) is 17.1 Å². The Morgan fingerprint density at radius 2 is 1.93 bits per heavy atom. The minimum atomic E-state index is 0.239. The van der Waals surface area contributed by atoms with Crippen LogP contribution in [0.3, 0.4) is 0 Å². The van der Waals surface area contributed by atoms with Crippen LogP contribution in [-0.4, -0.2) is 20.7 Å². The molecule has 0 bridgehead atoms. The maximum atomic E-state index is 11.7. The molecule has 2 rings (SSSR count). The summed E-state index contributed by atoms with van der Waals surface area (Å²) >= 11 is 0.530. The van der Waals surface area contributed by atoms with E-state index in [4.69, 9.17) is 0 Å². The van der Waals surface area contributed by atoms with Crippen LogP contribution in [0.5, 0.6) is 0 Å². The molecule has 1 aromatic rings. The van der Waals surface area contributed by atoms with Crippen LogP contribution >= 0.6 is 0 Å². The van der Waals surface area contributed by atoms with Gasteiger partial charge in [0.15, 0.2) is 0 Å². The fourth-order valence-electron chi connectivity index (χ4n) is 2.08. The van der Waals surface area contributed by atoms with E-state index < -0.39 is 0 Å². The number of Topliss-reactive ketones (excluding diaryl/α,β-unsaturated/α-hetero) is 1. The first-order chi connectivity index (χ1) is 7.07. The second kappa shape index (κ2) is 4.11. The van der Waals surface area contributed by atoms with Crippen molar-refractivity contribution in [1.82, 2.24) is 0 Å². The van der Waals surface area contributed by atoms with Crippen LogP contribution in [0.1, 0.15) is 37.1 Å². The molecule has 1 heterocycles. The van der Waals surface area contributed by atoms with Crippen LogP contribution in [0.25, 0.3) is 0 Å². The summed E-state index contributed by atoms with van der Waals surface area (Å²) in [5.41, 5.74) is 1.35.